The second kappa shape index (κ2) is 4.63. The third-order valence-corrected chi connectivity index (χ3v) is 4.84. The molecule has 0 amide bonds. The van der Waals surface area contributed by atoms with E-state index in [2.05, 4.69) is 23.0 Å². The summed E-state index contributed by atoms with van der Waals surface area (Å²) in [5, 5.41) is 10.9. The van der Waals surface area contributed by atoms with Gasteiger partial charge in [-0.3, -0.25) is 9.88 Å². The summed E-state index contributed by atoms with van der Waals surface area (Å²) in [6, 6.07) is 4.48. The first-order valence-corrected chi connectivity index (χ1v) is 7.03. The van der Waals surface area contributed by atoms with E-state index in [0.29, 0.717) is 12.0 Å². The molecule has 1 aromatic rings. The summed E-state index contributed by atoms with van der Waals surface area (Å²) in [5.41, 5.74) is 0.815. The quantitative estimate of drug-likeness (QED) is 0.826. The van der Waals surface area contributed by atoms with Crippen molar-refractivity contribution in [2.45, 2.75) is 43.7 Å². The lowest BCUT2D eigenvalue weighted by Crippen LogP contribution is -2.53. The fourth-order valence-electron chi connectivity index (χ4n) is 3.87. The van der Waals surface area contributed by atoms with Gasteiger partial charge in [0.25, 0.3) is 0 Å². The summed E-state index contributed by atoms with van der Waals surface area (Å²) in [4.78, 5) is 6.64. The van der Waals surface area contributed by atoms with Crippen molar-refractivity contribution in [2.75, 3.05) is 13.6 Å². The fourth-order valence-corrected chi connectivity index (χ4v) is 3.87. The van der Waals surface area contributed by atoms with Gasteiger partial charge in [0.15, 0.2) is 0 Å². The molecule has 3 rings (SSSR count). The second-order valence-corrected chi connectivity index (χ2v) is 5.92. The van der Waals surface area contributed by atoms with Crippen LogP contribution in [-0.2, 0) is 0 Å². The van der Waals surface area contributed by atoms with E-state index in [4.69, 9.17) is 0 Å². The van der Waals surface area contributed by atoms with Gasteiger partial charge in [-0.05, 0) is 37.9 Å². The zero-order valence-corrected chi connectivity index (χ0v) is 11.0. The largest absolute Gasteiger partial charge is 0.389 e. The molecule has 0 aromatic carbocycles. The zero-order chi connectivity index (χ0) is 12.6. The van der Waals surface area contributed by atoms with Crippen molar-refractivity contribution in [2.24, 2.45) is 5.92 Å². The first kappa shape index (κ1) is 12.1. The monoisotopic (exact) mass is 246 g/mol. The van der Waals surface area contributed by atoms with Crippen LogP contribution in [0, 0.1) is 5.92 Å². The number of aliphatic hydroxyl groups is 1. The van der Waals surface area contributed by atoms with Crippen LogP contribution in [0.2, 0.25) is 0 Å². The number of likely N-dealkylation sites (tertiary alicyclic amines) is 1. The van der Waals surface area contributed by atoms with Gasteiger partial charge in [0.1, 0.15) is 0 Å². The summed E-state index contributed by atoms with van der Waals surface area (Å²) in [5.74, 6) is 0.370. The van der Waals surface area contributed by atoms with Crippen LogP contribution in [0.5, 0.6) is 0 Å². The minimum absolute atomic E-state index is 0.331. The van der Waals surface area contributed by atoms with Crippen molar-refractivity contribution in [3.63, 3.8) is 0 Å². The van der Waals surface area contributed by atoms with Gasteiger partial charge in [-0.2, -0.15) is 0 Å². The molecule has 1 aliphatic heterocycles. The van der Waals surface area contributed by atoms with Crippen molar-refractivity contribution in [3.05, 3.63) is 30.1 Å². The minimum atomic E-state index is -0.439. The van der Waals surface area contributed by atoms with Crippen LogP contribution in [0.15, 0.2) is 24.5 Å². The Morgan fingerprint density at radius 1 is 1.39 bits per heavy atom. The van der Waals surface area contributed by atoms with Gasteiger partial charge in [0.05, 0.1) is 5.60 Å². The Labute approximate surface area is 109 Å². The van der Waals surface area contributed by atoms with E-state index in [1.54, 1.807) is 0 Å². The van der Waals surface area contributed by atoms with Crippen LogP contribution in [0.1, 0.15) is 43.7 Å². The Morgan fingerprint density at radius 2 is 2.28 bits per heavy atom. The molecule has 3 heteroatoms. The molecule has 3 nitrogen and oxygen atoms in total. The van der Waals surface area contributed by atoms with Crippen LogP contribution in [0.4, 0.5) is 0 Å². The van der Waals surface area contributed by atoms with Crippen LogP contribution in [0.3, 0.4) is 0 Å². The summed E-state index contributed by atoms with van der Waals surface area (Å²) >= 11 is 0. The maximum atomic E-state index is 10.9. The van der Waals surface area contributed by atoms with E-state index in [1.807, 2.05) is 18.5 Å². The molecule has 0 spiro atoms. The Morgan fingerprint density at radius 3 is 3.06 bits per heavy atom. The highest BCUT2D eigenvalue weighted by Gasteiger charge is 2.47. The van der Waals surface area contributed by atoms with Gasteiger partial charge in [-0.15, -0.1) is 0 Å². The van der Waals surface area contributed by atoms with Crippen molar-refractivity contribution in [3.8, 4) is 0 Å². The van der Waals surface area contributed by atoms with Crippen molar-refractivity contribution >= 4 is 0 Å². The van der Waals surface area contributed by atoms with Crippen molar-refractivity contribution < 1.29 is 5.11 Å². The average Bonchev–Trinajstić information content (AvgIpc) is 2.40. The molecule has 1 saturated heterocycles. The van der Waals surface area contributed by atoms with E-state index in [-0.39, 0.29) is 0 Å². The number of aromatic nitrogens is 1. The summed E-state index contributed by atoms with van der Waals surface area (Å²) in [6.45, 7) is 0.979. The highest BCUT2D eigenvalue weighted by atomic mass is 16.3. The number of pyridine rings is 1. The van der Waals surface area contributed by atoms with Gasteiger partial charge in [-0.25, -0.2) is 0 Å². The molecular formula is C15H22N2O. The number of nitrogens with zero attached hydrogens (tertiary/aromatic N) is 2. The van der Waals surface area contributed by atoms with Crippen molar-refractivity contribution in [1.82, 2.24) is 9.88 Å². The van der Waals surface area contributed by atoms with Gasteiger partial charge < -0.3 is 5.11 Å². The predicted octanol–water partition coefficient (Wildman–Crippen LogP) is 2.38. The van der Waals surface area contributed by atoms with Crippen LogP contribution in [-0.4, -0.2) is 34.2 Å². The Kier molecular flexibility index (Phi) is 3.12. The highest BCUT2D eigenvalue weighted by molar-refractivity contribution is 5.19. The zero-order valence-electron chi connectivity index (χ0n) is 11.0. The average molecular weight is 246 g/mol. The lowest BCUT2D eigenvalue weighted by molar-refractivity contribution is -0.118. The molecule has 2 heterocycles. The van der Waals surface area contributed by atoms with E-state index in [0.717, 1.165) is 25.8 Å². The number of hydrogen-bond donors (Lipinski definition) is 1. The summed E-state index contributed by atoms with van der Waals surface area (Å²) < 4.78 is 0. The minimum Gasteiger partial charge on any atom is -0.389 e. The first-order chi connectivity index (χ1) is 8.71. The van der Waals surface area contributed by atoms with Gasteiger partial charge >= 0.3 is 0 Å². The van der Waals surface area contributed by atoms with E-state index in [1.165, 1.54) is 18.4 Å². The Hall–Kier alpha value is -0.930. The fraction of sp³-hybridized carbons (Fsp3) is 0.667. The Balaban J connectivity index is 1.95. The molecule has 1 N–H and O–H groups in total. The molecule has 98 valence electrons. The molecule has 3 atom stereocenters. The summed E-state index contributed by atoms with van der Waals surface area (Å²) in [7, 11) is 2.17. The highest BCUT2D eigenvalue weighted by Crippen LogP contribution is 2.48. The second-order valence-electron chi connectivity index (χ2n) is 5.92. The smallest absolute Gasteiger partial charge is 0.0706 e. The van der Waals surface area contributed by atoms with E-state index >= 15 is 0 Å². The lowest BCUT2D eigenvalue weighted by Gasteiger charge is -2.51. The lowest BCUT2D eigenvalue weighted by atomic mass is 9.66. The molecule has 1 aliphatic carbocycles. The number of hydrogen-bond acceptors (Lipinski definition) is 3. The summed E-state index contributed by atoms with van der Waals surface area (Å²) in [6.07, 6.45) is 9.24. The Bertz CT molecular complexity index is 408. The molecule has 3 unspecified atom stereocenters. The molecule has 2 fully saturated rings. The molecule has 2 aliphatic rings. The SMILES string of the molecule is CN1CCC2(O)CCCCC2C1c1cccnc1. The standard InChI is InChI=1S/C15H22N2O/c1-17-10-8-15(18)7-3-2-6-13(15)14(17)12-5-4-9-16-11-12/h4-5,9,11,13-14,18H,2-3,6-8,10H2,1H3. The normalized spacial score (nSPS) is 37.2. The third-order valence-electron chi connectivity index (χ3n) is 4.84. The van der Waals surface area contributed by atoms with Crippen LogP contribution in [0.25, 0.3) is 0 Å². The van der Waals surface area contributed by atoms with E-state index in [9.17, 15) is 5.11 Å². The molecule has 1 aromatic heterocycles. The van der Waals surface area contributed by atoms with Gasteiger partial charge in [0.2, 0.25) is 0 Å². The maximum Gasteiger partial charge on any atom is 0.0706 e. The maximum absolute atomic E-state index is 10.9. The topological polar surface area (TPSA) is 36.4 Å². The number of fused-ring (bicyclic) bond motifs is 1. The van der Waals surface area contributed by atoms with Crippen LogP contribution >= 0.6 is 0 Å². The number of rotatable bonds is 1. The number of piperidine rings is 1. The molecule has 0 radical (unpaired) electrons. The molecule has 18 heavy (non-hydrogen) atoms. The predicted molar refractivity (Wildman–Crippen MR) is 71.1 cm³/mol. The van der Waals surface area contributed by atoms with Crippen molar-refractivity contribution in [1.29, 1.82) is 0 Å². The van der Waals surface area contributed by atoms with E-state index < -0.39 is 5.60 Å². The van der Waals surface area contributed by atoms with Gasteiger partial charge in [-0.1, -0.05) is 18.9 Å². The molecular weight excluding hydrogens is 224 g/mol. The third kappa shape index (κ3) is 1.95. The first-order valence-electron chi connectivity index (χ1n) is 7.03. The van der Waals surface area contributed by atoms with Crippen LogP contribution < -0.4 is 0 Å². The van der Waals surface area contributed by atoms with Gasteiger partial charge in [0, 0.05) is 30.9 Å². The molecule has 1 saturated carbocycles. The molecule has 0 bridgehead atoms.